The lowest BCUT2D eigenvalue weighted by Gasteiger charge is -2.15. The lowest BCUT2D eigenvalue weighted by Crippen LogP contribution is -2.36. The van der Waals surface area contributed by atoms with Crippen LogP contribution in [-0.2, 0) is 24.0 Å². The summed E-state index contributed by atoms with van der Waals surface area (Å²) in [6.07, 6.45) is 4.03. The number of amides is 2. The Morgan fingerprint density at radius 3 is 2.21 bits per heavy atom. The van der Waals surface area contributed by atoms with Crippen LogP contribution in [0.1, 0.15) is 13.8 Å². The third kappa shape index (κ3) is 1.71. The Labute approximate surface area is 109 Å². The molecule has 2 saturated heterocycles. The molecular weight excluding hydrogens is 250 g/mol. The van der Waals surface area contributed by atoms with Gasteiger partial charge in [0.2, 0.25) is 0 Å². The second-order valence-corrected chi connectivity index (χ2v) is 5.10. The van der Waals surface area contributed by atoms with Crippen molar-refractivity contribution in [3.05, 3.63) is 23.8 Å². The molecule has 6 nitrogen and oxygen atoms in total. The van der Waals surface area contributed by atoms with E-state index < -0.39 is 29.6 Å². The highest BCUT2D eigenvalue weighted by Gasteiger charge is 2.62. The van der Waals surface area contributed by atoms with Crippen LogP contribution in [0.2, 0.25) is 0 Å². The monoisotopic (exact) mass is 263 g/mol. The topological polar surface area (TPSA) is 72.9 Å². The molecule has 4 atom stereocenters. The number of carbonyl (C=O) groups is 3. The fraction of sp³-hybridized carbons (Fsp3) is 0.462. The van der Waals surface area contributed by atoms with Gasteiger partial charge in [-0.05, 0) is 13.8 Å². The molecule has 0 aromatic heterocycles. The van der Waals surface area contributed by atoms with E-state index in [1.165, 1.54) is 6.08 Å². The molecule has 2 fully saturated rings. The minimum Gasteiger partial charge on any atom is -0.365 e. The highest BCUT2D eigenvalue weighted by Crippen LogP contribution is 2.45. The first-order chi connectivity index (χ1) is 8.99. The molecule has 19 heavy (non-hydrogen) atoms. The molecule has 2 bridgehead atoms. The van der Waals surface area contributed by atoms with E-state index in [4.69, 9.17) is 9.57 Å². The molecule has 2 amide bonds. The molecule has 0 aliphatic carbocycles. The van der Waals surface area contributed by atoms with Crippen molar-refractivity contribution in [1.29, 1.82) is 0 Å². The van der Waals surface area contributed by atoms with E-state index in [9.17, 15) is 14.4 Å². The van der Waals surface area contributed by atoms with E-state index in [0.717, 1.165) is 5.57 Å². The summed E-state index contributed by atoms with van der Waals surface area (Å²) < 4.78 is 5.47. The van der Waals surface area contributed by atoms with Crippen LogP contribution < -0.4 is 0 Å². The molecule has 0 spiro atoms. The van der Waals surface area contributed by atoms with E-state index in [1.807, 2.05) is 0 Å². The summed E-state index contributed by atoms with van der Waals surface area (Å²) >= 11 is 0. The Kier molecular flexibility index (Phi) is 2.56. The summed E-state index contributed by atoms with van der Waals surface area (Å²) in [5.41, 5.74) is 0.731. The van der Waals surface area contributed by atoms with Crippen LogP contribution in [0.25, 0.3) is 0 Å². The van der Waals surface area contributed by atoms with Gasteiger partial charge in [-0.25, -0.2) is 4.79 Å². The molecule has 3 heterocycles. The van der Waals surface area contributed by atoms with Gasteiger partial charge in [-0.1, -0.05) is 17.7 Å². The lowest BCUT2D eigenvalue weighted by molar-refractivity contribution is -0.196. The Balaban J connectivity index is 1.79. The maximum Gasteiger partial charge on any atom is 0.356 e. The van der Waals surface area contributed by atoms with E-state index in [0.29, 0.717) is 5.06 Å². The summed E-state index contributed by atoms with van der Waals surface area (Å²) in [5.74, 6) is -2.82. The zero-order valence-corrected chi connectivity index (χ0v) is 10.5. The Hall–Kier alpha value is -1.95. The van der Waals surface area contributed by atoms with Crippen LogP contribution in [-0.4, -0.2) is 35.1 Å². The first-order valence-corrected chi connectivity index (χ1v) is 6.07. The molecule has 3 rings (SSSR count). The van der Waals surface area contributed by atoms with Gasteiger partial charge < -0.3 is 9.57 Å². The van der Waals surface area contributed by atoms with Crippen molar-refractivity contribution in [2.24, 2.45) is 11.8 Å². The Bertz CT molecular complexity index is 501. The number of nitrogens with zero attached hydrogens (tertiary/aromatic N) is 1. The first-order valence-electron chi connectivity index (χ1n) is 6.07. The summed E-state index contributed by atoms with van der Waals surface area (Å²) in [4.78, 5) is 40.6. The zero-order valence-electron chi connectivity index (χ0n) is 10.5. The van der Waals surface area contributed by atoms with Crippen LogP contribution >= 0.6 is 0 Å². The molecule has 0 unspecified atom stereocenters. The van der Waals surface area contributed by atoms with Gasteiger partial charge >= 0.3 is 5.97 Å². The minimum atomic E-state index is -0.720. The van der Waals surface area contributed by atoms with E-state index in [1.54, 1.807) is 26.0 Å². The highest BCUT2D eigenvalue weighted by atomic mass is 16.7. The fourth-order valence-corrected chi connectivity index (χ4v) is 2.72. The number of carbonyl (C=O) groups excluding carboxylic acids is 3. The van der Waals surface area contributed by atoms with Gasteiger partial charge in [0.15, 0.2) is 0 Å². The fourth-order valence-electron chi connectivity index (χ4n) is 2.72. The van der Waals surface area contributed by atoms with Crippen LogP contribution in [0.15, 0.2) is 23.8 Å². The molecule has 100 valence electrons. The highest BCUT2D eigenvalue weighted by molar-refractivity contribution is 6.06. The van der Waals surface area contributed by atoms with Gasteiger partial charge in [0.1, 0.15) is 0 Å². The normalized spacial score (nSPS) is 34.7. The van der Waals surface area contributed by atoms with Crippen molar-refractivity contribution in [3.8, 4) is 0 Å². The number of hydrogen-bond donors (Lipinski definition) is 0. The molecule has 6 heteroatoms. The van der Waals surface area contributed by atoms with Gasteiger partial charge in [0.05, 0.1) is 24.0 Å². The molecule has 0 saturated carbocycles. The van der Waals surface area contributed by atoms with Crippen LogP contribution in [0, 0.1) is 11.8 Å². The molecule has 0 radical (unpaired) electrons. The number of allylic oxidation sites excluding steroid dienone is 1. The smallest absolute Gasteiger partial charge is 0.356 e. The van der Waals surface area contributed by atoms with Crippen molar-refractivity contribution in [2.75, 3.05) is 0 Å². The van der Waals surface area contributed by atoms with E-state index >= 15 is 0 Å². The quantitative estimate of drug-likeness (QED) is 0.408. The standard InChI is InChI=1S/C13H13NO5/c1-6(2)5-9(15)19-14-12(16)10-7-3-4-8(18-7)11(10)13(14)17/h3-5,7-8,10-11H,1-2H3/t7-,8-,10+,11+/m1/s1. The van der Waals surface area contributed by atoms with Gasteiger partial charge in [0, 0.05) is 6.08 Å². The van der Waals surface area contributed by atoms with Crippen molar-refractivity contribution < 1.29 is 24.0 Å². The third-order valence-corrected chi connectivity index (χ3v) is 3.46. The maximum absolute atomic E-state index is 12.1. The largest absolute Gasteiger partial charge is 0.365 e. The average Bonchev–Trinajstić information content (AvgIpc) is 2.97. The number of hydroxylamine groups is 2. The average molecular weight is 263 g/mol. The molecule has 0 aromatic rings. The van der Waals surface area contributed by atoms with E-state index in [2.05, 4.69) is 0 Å². The molecule has 0 aromatic carbocycles. The maximum atomic E-state index is 12.1. The summed E-state index contributed by atoms with van der Waals surface area (Å²) in [7, 11) is 0. The van der Waals surface area contributed by atoms with Crippen LogP contribution in [0.3, 0.4) is 0 Å². The van der Waals surface area contributed by atoms with E-state index in [-0.39, 0.29) is 12.2 Å². The summed E-state index contributed by atoms with van der Waals surface area (Å²) in [6, 6.07) is 0. The van der Waals surface area contributed by atoms with Crippen LogP contribution in [0.5, 0.6) is 0 Å². The van der Waals surface area contributed by atoms with Crippen molar-refractivity contribution in [3.63, 3.8) is 0 Å². The first kappa shape index (κ1) is 12.1. The number of hydrogen-bond acceptors (Lipinski definition) is 5. The van der Waals surface area contributed by atoms with Crippen molar-refractivity contribution >= 4 is 17.8 Å². The van der Waals surface area contributed by atoms with Gasteiger partial charge in [-0.2, -0.15) is 0 Å². The third-order valence-electron chi connectivity index (χ3n) is 3.46. The van der Waals surface area contributed by atoms with Crippen molar-refractivity contribution in [1.82, 2.24) is 5.06 Å². The second-order valence-electron chi connectivity index (χ2n) is 5.10. The predicted octanol–water partition coefficient (Wildman–Crippen LogP) is 0.349. The molecule has 3 aliphatic rings. The van der Waals surface area contributed by atoms with Crippen molar-refractivity contribution in [2.45, 2.75) is 26.1 Å². The number of rotatable bonds is 2. The molecule has 0 N–H and O–H groups in total. The van der Waals surface area contributed by atoms with Crippen LogP contribution in [0.4, 0.5) is 0 Å². The number of fused-ring (bicyclic) bond motifs is 5. The number of imide groups is 1. The molecular formula is C13H13NO5. The van der Waals surface area contributed by atoms with Gasteiger partial charge in [-0.15, -0.1) is 5.06 Å². The minimum absolute atomic E-state index is 0.376. The van der Waals surface area contributed by atoms with Gasteiger partial charge in [-0.3, -0.25) is 9.59 Å². The number of ether oxygens (including phenoxy) is 1. The molecule has 3 aliphatic heterocycles. The predicted molar refractivity (Wildman–Crippen MR) is 62.2 cm³/mol. The Morgan fingerprint density at radius 1 is 1.21 bits per heavy atom. The SMILES string of the molecule is CC(C)=CC(=O)ON1C(=O)[C@@H]2[C@@H](C1=O)[C@H]1C=C[C@H]2O1. The zero-order chi connectivity index (χ0) is 13.7. The Morgan fingerprint density at radius 2 is 1.74 bits per heavy atom. The summed E-state index contributed by atoms with van der Waals surface area (Å²) in [6.45, 7) is 3.45. The summed E-state index contributed by atoms with van der Waals surface area (Å²) in [5, 5.41) is 0.590. The van der Waals surface area contributed by atoms with Gasteiger partial charge in [0.25, 0.3) is 11.8 Å². The lowest BCUT2D eigenvalue weighted by atomic mass is 9.85. The second kappa shape index (κ2) is 4.03.